The van der Waals surface area contributed by atoms with Crippen LogP contribution >= 0.6 is 0 Å². The second-order valence-corrected chi connectivity index (χ2v) is 6.60. The van der Waals surface area contributed by atoms with Crippen molar-refractivity contribution in [3.63, 3.8) is 0 Å². The lowest BCUT2D eigenvalue weighted by molar-refractivity contribution is -0.387. The number of nitrogens with one attached hydrogen (secondary N) is 1. The van der Waals surface area contributed by atoms with Gasteiger partial charge in [-0.3, -0.25) is 10.1 Å². The number of nitrogen functional groups attached to an aromatic ring is 1. The molecule has 21 heavy (non-hydrogen) atoms. The number of hydrogen-bond acceptors (Lipinski definition) is 6. The molecule has 3 N–H and O–H groups in total. The molecule has 9 heteroatoms. The number of rotatable bonds is 5. The average Bonchev–Trinajstić information content (AvgIpc) is 2.84. The zero-order valence-electron chi connectivity index (χ0n) is 11.5. The molecule has 2 unspecified atom stereocenters. The van der Waals surface area contributed by atoms with Crippen LogP contribution in [0.15, 0.2) is 23.1 Å². The fraction of sp³-hybridized carbons (Fsp3) is 0.500. The van der Waals surface area contributed by atoms with Gasteiger partial charge in [0.05, 0.1) is 11.0 Å². The van der Waals surface area contributed by atoms with Crippen LogP contribution in [-0.2, 0) is 14.8 Å². The summed E-state index contributed by atoms with van der Waals surface area (Å²) in [5.74, 6) is 0. The molecule has 0 saturated heterocycles. The van der Waals surface area contributed by atoms with Crippen LogP contribution in [0.1, 0.15) is 19.3 Å². The van der Waals surface area contributed by atoms with Gasteiger partial charge in [-0.05, 0) is 31.4 Å². The van der Waals surface area contributed by atoms with E-state index in [2.05, 4.69) is 4.72 Å². The van der Waals surface area contributed by atoms with Gasteiger partial charge in [0.15, 0.2) is 4.90 Å². The van der Waals surface area contributed by atoms with Crippen molar-refractivity contribution in [2.75, 3.05) is 12.8 Å². The number of sulfonamides is 1. The molecule has 8 nitrogen and oxygen atoms in total. The van der Waals surface area contributed by atoms with E-state index in [0.29, 0.717) is 6.42 Å². The van der Waals surface area contributed by atoms with Crippen molar-refractivity contribution in [3.05, 3.63) is 28.3 Å². The second kappa shape index (κ2) is 5.96. The average molecular weight is 315 g/mol. The lowest BCUT2D eigenvalue weighted by Gasteiger charge is -2.19. The predicted molar refractivity (Wildman–Crippen MR) is 76.3 cm³/mol. The number of hydrogen-bond donors (Lipinski definition) is 2. The van der Waals surface area contributed by atoms with Crippen molar-refractivity contribution in [1.82, 2.24) is 4.72 Å². The Labute approximate surface area is 122 Å². The van der Waals surface area contributed by atoms with E-state index in [1.807, 2.05) is 0 Å². The molecule has 116 valence electrons. The number of nitrogens with zero attached hydrogens (tertiary/aromatic N) is 1. The standard InChI is InChI=1S/C12H17N3O5S/c1-20-11-4-2-3-9(11)14-21(18,19)12-7-8(13)5-6-10(12)15(16)17/h5-7,9,11,14H,2-4,13H2,1H3. The maximum atomic E-state index is 12.4. The monoisotopic (exact) mass is 315 g/mol. The maximum absolute atomic E-state index is 12.4. The normalized spacial score (nSPS) is 22.3. The fourth-order valence-electron chi connectivity index (χ4n) is 2.50. The molecule has 1 aromatic carbocycles. The molecule has 0 bridgehead atoms. The Morgan fingerprint density at radius 1 is 1.43 bits per heavy atom. The summed E-state index contributed by atoms with van der Waals surface area (Å²) in [6.07, 6.45) is 2.00. The van der Waals surface area contributed by atoms with E-state index < -0.39 is 25.5 Å². The van der Waals surface area contributed by atoms with Crippen LogP contribution < -0.4 is 10.5 Å². The first kappa shape index (κ1) is 15.7. The molecule has 0 heterocycles. The Balaban J connectivity index is 2.35. The van der Waals surface area contributed by atoms with Crippen molar-refractivity contribution in [2.24, 2.45) is 0 Å². The number of nitro benzene ring substituents is 1. The molecular formula is C12H17N3O5S. The molecule has 1 aromatic rings. The highest BCUT2D eigenvalue weighted by atomic mass is 32.2. The van der Waals surface area contributed by atoms with Crippen LogP contribution in [0.25, 0.3) is 0 Å². The molecule has 1 aliphatic rings. The van der Waals surface area contributed by atoms with Crippen LogP contribution in [-0.4, -0.2) is 32.6 Å². The molecule has 0 aliphatic heterocycles. The molecule has 1 saturated carbocycles. The topological polar surface area (TPSA) is 125 Å². The number of benzene rings is 1. The number of methoxy groups -OCH3 is 1. The van der Waals surface area contributed by atoms with E-state index in [4.69, 9.17) is 10.5 Å². The molecule has 0 spiro atoms. The smallest absolute Gasteiger partial charge is 0.289 e. The summed E-state index contributed by atoms with van der Waals surface area (Å²) >= 11 is 0. The van der Waals surface area contributed by atoms with Gasteiger partial charge in [0.1, 0.15) is 0 Å². The van der Waals surface area contributed by atoms with Crippen LogP contribution in [0.3, 0.4) is 0 Å². The maximum Gasteiger partial charge on any atom is 0.289 e. The molecule has 0 aromatic heterocycles. The van der Waals surface area contributed by atoms with Crippen LogP contribution in [0.5, 0.6) is 0 Å². The molecule has 0 radical (unpaired) electrons. The zero-order valence-corrected chi connectivity index (χ0v) is 12.3. The minimum Gasteiger partial charge on any atom is -0.399 e. The highest BCUT2D eigenvalue weighted by molar-refractivity contribution is 7.89. The Bertz CT molecular complexity index is 646. The summed E-state index contributed by atoms with van der Waals surface area (Å²) in [7, 11) is -2.52. The number of anilines is 1. The first-order valence-electron chi connectivity index (χ1n) is 6.44. The first-order valence-corrected chi connectivity index (χ1v) is 7.92. The van der Waals surface area contributed by atoms with Crippen LogP contribution in [0, 0.1) is 10.1 Å². The molecule has 1 aliphatic carbocycles. The summed E-state index contributed by atoms with van der Waals surface area (Å²) < 4.78 is 32.5. The third kappa shape index (κ3) is 3.31. The number of nitro groups is 1. The second-order valence-electron chi connectivity index (χ2n) is 4.92. The van der Waals surface area contributed by atoms with Crippen molar-refractivity contribution >= 4 is 21.4 Å². The van der Waals surface area contributed by atoms with E-state index in [0.717, 1.165) is 25.0 Å². The summed E-state index contributed by atoms with van der Waals surface area (Å²) in [4.78, 5) is 9.82. The largest absolute Gasteiger partial charge is 0.399 e. The lowest BCUT2D eigenvalue weighted by Crippen LogP contribution is -2.40. The molecule has 0 amide bonds. The Morgan fingerprint density at radius 2 is 2.14 bits per heavy atom. The Hall–Kier alpha value is -1.71. The molecule has 1 fully saturated rings. The molecule has 2 rings (SSSR count). The number of ether oxygens (including phenoxy) is 1. The van der Waals surface area contributed by atoms with Gasteiger partial charge >= 0.3 is 0 Å². The molecule has 2 atom stereocenters. The van der Waals surface area contributed by atoms with Gasteiger partial charge in [-0.2, -0.15) is 0 Å². The van der Waals surface area contributed by atoms with E-state index in [9.17, 15) is 18.5 Å². The Kier molecular flexibility index (Phi) is 4.45. The quantitative estimate of drug-likeness (QED) is 0.475. The van der Waals surface area contributed by atoms with Gasteiger partial charge in [0, 0.05) is 24.9 Å². The highest BCUT2D eigenvalue weighted by Gasteiger charge is 2.34. The van der Waals surface area contributed by atoms with E-state index in [1.165, 1.54) is 13.2 Å². The third-order valence-corrected chi connectivity index (χ3v) is 5.05. The van der Waals surface area contributed by atoms with Crippen molar-refractivity contribution in [2.45, 2.75) is 36.3 Å². The minimum absolute atomic E-state index is 0.149. The van der Waals surface area contributed by atoms with E-state index >= 15 is 0 Å². The van der Waals surface area contributed by atoms with Crippen molar-refractivity contribution in [1.29, 1.82) is 0 Å². The van der Waals surface area contributed by atoms with Gasteiger partial charge < -0.3 is 10.5 Å². The summed E-state index contributed by atoms with van der Waals surface area (Å²) in [6, 6.07) is 3.09. The zero-order chi connectivity index (χ0) is 15.6. The first-order chi connectivity index (χ1) is 9.85. The molecular weight excluding hydrogens is 298 g/mol. The summed E-state index contributed by atoms with van der Waals surface area (Å²) in [6.45, 7) is 0. The van der Waals surface area contributed by atoms with Gasteiger partial charge in [-0.1, -0.05) is 0 Å². The third-order valence-electron chi connectivity index (χ3n) is 3.53. The summed E-state index contributed by atoms with van der Waals surface area (Å²) in [5.41, 5.74) is 5.20. The highest BCUT2D eigenvalue weighted by Crippen LogP contribution is 2.28. The van der Waals surface area contributed by atoms with Gasteiger partial charge in [0.25, 0.3) is 5.69 Å². The number of nitrogens with two attached hydrogens (primary N) is 1. The van der Waals surface area contributed by atoms with Gasteiger partial charge in [-0.25, -0.2) is 13.1 Å². The van der Waals surface area contributed by atoms with Crippen LogP contribution in [0.2, 0.25) is 0 Å². The fourth-order valence-corrected chi connectivity index (χ4v) is 4.01. The van der Waals surface area contributed by atoms with Gasteiger partial charge in [0.2, 0.25) is 10.0 Å². The predicted octanol–water partition coefficient (Wildman–Crippen LogP) is 1.02. The van der Waals surface area contributed by atoms with E-state index in [-0.39, 0.29) is 17.8 Å². The summed E-state index contributed by atoms with van der Waals surface area (Å²) in [5, 5.41) is 11.0. The van der Waals surface area contributed by atoms with Gasteiger partial charge in [-0.15, -0.1) is 0 Å². The minimum atomic E-state index is -4.04. The van der Waals surface area contributed by atoms with Crippen molar-refractivity contribution < 1.29 is 18.1 Å². The van der Waals surface area contributed by atoms with Crippen LogP contribution in [0.4, 0.5) is 11.4 Å². The Morgan fingerprint density at radius 3 is 2.76 bits per heavy atom. The lowest BCUT2D eigenvalue weighted by atomic mass is 10.2. The van der Waals surface area contributed by atoms with Crippen molar-refractivity contribution in [3.8, 4) is 0 Å². The SMILES string of the molecule is COC1CCCC1NS(=O)(=O)c1cc(N)ccc1[N+](=O)[O-]. The van der Waals surface area contributed by atoms with E-state index in [1.54, 1.807) is 0 Å².